The van der Waals surface area contributed by atoms with Crippen LogP contribution in [0, 0.1) is 11.6 Å². The molecule has 30 heteroatoms. The van der Waals surface area contributed by atoms with Crippen LogP contribution in [0.4, 0.5) is 40.3 Å². The molecule has 2 aliphatic heterocycles. The first-order chi connectivity index (χ1) is 31.4. The van der Waals surface area contributed by atoms with Gasteiger partial charge < -0.3 is 40.4 Å². The maximum absolute atomic E-state index is 13.3. The fourth-order valence-electron chi connectivity index (χ4n) is 6.54. The average Bonchev–Trinajstić information content (AvgIpc) is 4.09. The Kier molecular flexibility index (Phi) is 30.4. The fourth-order valence-corrected chi connectivity index (χ4v) is 8.89. The van der Waals surface area contributed by atoms with Crippen molar-refractivity contribution in [2.45, 2.75) is 12.2 Å². The van der Waals surface area contributed by atoms with Crippen molar-refractivity contribution in [1.82, 2.24) is 39.7 Å². The number of amides is 3. The number of piperazine rings is 2. The van der Waals surface area contributed by atoms with Crippen molar-refractivity contribution in [3.63, 3.8) is 0 Å². The molecular weight excluding hydrogens is 1240 g/mol. The van der Waals surface area contributed by atoms with Crippen LogP contribution in [0.2, 0.25) is 10.0 Å². The van der Waals surface area contributed by atoms with E-state index in [9.17, 15) is 28.6 Å². The summed E-state index contributed by atoms with van der Waals surface area (Å²) >= 11 is 14.9. The van der Waals surface area contributed by atoms with Crippen LogP contribution in [-0.2, 0) is 111 Å². The van der Waals surface area contributed by atoms with E-state index < -0.39 is 18.8 Å². The van der Waals surface area contributed by atoms with Gasteiger partial charge in [-0.2, -0.15) is 0 Å². The summed E-state index contributed by atoms with van der Waals surface area (Å²) in [6.07, 6.45) is 5.53. The fraction of sp³-hybridized carbons (Fsp3) is 0.293. The summed E-state index contributed by atoms with van der Waals surface area (Å²) in [5, 5.41) is 47.5. The minimum atomic E-state index is -1.02. The van der Waals surface area contributed by atoms with Crippen molar-refractivity contribution in [2.75, 3.05) is 86.0 Å². The molecular formula is C41H42Cl2F2N12O6S2V6. The van der Waals surface area contributed by atoms with E-state index in [0.29, 0.717) is 83.9 Å². The first-order valence-electron chi connectivity index (χ1n) is 20.0. The van der Waals surface area contributed by atoms with E-state index in [1.807, 2.05) is 4.90 Å². The number of imidazole rings is 1. The van der Waals surface area contributed by atoms with E-state index in [2.05, 4.69) is 45.8 Å². The number of nitrogens with one attached hydrogen (secondary N) is 3. The van der Waals surface area contributed by atoms with Crippen LogP contribution in [0.3, 0.4) is 0 Å². The van der Waals surface area contributed by atoms with Crippen LogP contribution in [-0.4, -0.2) is 132 Å². The number of hydrogen-bond acceptors (Lipinski definition) is 16. The van der Waals surface area contributed by atoms with E-state index >= 15 is 0 Å². The van der Waals surface area contributed by atoms with Crippen LogP contribution in [0.1, 0.15) is 23.3 Å². The zero-order chi connectivity index (χ0) is 46.0. The number of thiazole rings is 2. The summed E-state index contributed by atoms with van der Waals surface area (Å²) < 4.78 is 29.0. The molecule has 18 nitrogen and oxygen atoms in total. The van der Waals surface area contributed by atoms with Gasteiger partial charge in [0.1, 0.15) is 41.8 Å². The number of aliphatic hydroxyl groups excluding tert-OH is 4. The van der Waals surface area contributed by atoms with Gasteiger partial charge in [-0.25, -0.2) is 43.3 Å². The number of halogens is 4. The van der Waals surface area contributed by atoms with E-state index in [1.54, 1.807) is 35.4 Å². The monoisotopic (exact) mass is 1280 g/mol. The maximum atomic E-state index is 13.3. The minimum Gasteiger partial charge on any atom is -0.393 e. The number of pyridine rings is 2. The third kappa shape index (κ3) is 18.3. The molecule has 0 spiro atoms. The minimum absolute atomic E-state index is 0. The van der Waals surface area contributed by atoms with E-state index in [4.69, 9.17) is 33.4 Å². The number of fused-ring (bicyclic) bond motifs is 2. The predicted molar refractivity (Wildman–Crippen MR) is 246 cm³/mol. The first-order valence-corrected chi connectivity index (χ1v) is 22.3. The smallest absolute Gasteiger partial charge is 0.333 e. The summed E-state index contributed by atoms with van der Waals surface area (Å²) in [4.78, 5) is 50.9. The third-order valence-electron chi connectivity index (χ3n) is 9.95. The van der Waals surface area contributed by atoms with Gasteiger partial charge in [0.05, 0.1) is 43.7 Å². The SMILES string of the molecule is O=C(Nc1nc2ccc(F)cc2s1)N1CCN(c2ncc([C@H](O)CO)cc2Cl)CC1.O=C(Nc1nc2ccc(F)cc2s1)n1ccnc1.OC[C@@H](O)c1cnc(N2CCNCC2)c(Cl)c1.[V].[V].[V].[V].[V].[V]. The van der Waals surface area contributed by atoms with Crippen LogP contribution >= 0.6 is 45.9 Å². The van der Waals surface area contributed by atoms with Crippen LogP contribution in [0.15, 0.2) is 79.6 Å². The number of carbonyl (C=O) groups is 2. The predicted octanol–water partition coefficient (Wildman–Crippen LogP) is 5.73. The molecule has 0 saturated carbocycles. The van der Waals surface area contributed by atoms with E-state index in [1.165, 1.54) is 76.4 Å². The molecule has 0 unspecified atom stereocenters. The number of anilines is 4. The molecule has 0 bridgehead atoms. The molecule has 2 fully saturated rings. The molecule has 7 aromatic rings. The topological polar surface area (TPSA) is 230 Å². The van der Waals surface area contributed by atoms with Crippen molar-refractivity contribution >= 4 is 100 Å². The van der Waals surface area contributed by atoms with E-state index in [-0.39, 0.29) is 142 Å². The molecule has 5 aromatic heterocycles. The molecule has 0 aliphatic carbocycles. The van der Waals surface area contributed by atoms with Crippen LogP contribution in [0.25, 0.3) is 20.4 Å². The van der Waals surface area contributed by atoms with Crippen molar-refractivity contribution in [3.8, 4) is 0 Å². The molecule has 2 aliphatic rings. The van der Waals surface area contributed by atoms with Gasteiger partial charge >= 0.3 is 12.1 Å². The summed E-state index contributed by atoms with van der Waals surface area (Å²) in [5.74, 6) is 0.644. The van der Waals surface area contributed by atoms with Crippen LogP contribution in [0.5, 0.6) is 0 Å². The Balaban J connectivity index is 0.000000538. The Morgan fingerprint density at radius 2 is 1.13 bits per heavy atom. The second-order valence-corrected chi connectivity index (χ2v) is 17.2. The third-order valence-corrected chi connectivity index (χ3v) is 12.4. The summed E-state index contributed by atoms with van der Waals surface area (Å²) in [6, 6.07) is 11.2. The van der Waals surface area contributed by atoms with Gasteiger partial charge in [-0.05, 0) is 48.5 Å². The number of benzene rings is 2. The average molecular weight is 1280 g/mol. The molecule has 7 N–H and O–H groups in total. The van der Waals surface area contributed by atoms with Gasteiger partial charge in [0.2, 0.25) is 0 Å². The van der Waals surface area contributed by atoms with Gasteiger partial charge in [-0.1, -0.05) is 45.9 Å². The standard InChI is InChI=1S/C19H19ClFN5O3S.C11H16ClN3O2.C11H7FN4OS.6V/c20-13-7-11(15(28)10-27)9-22-17(13)25-3-5-26(6-4-25)19(29)24-18-23-14-2-1-12(21)8-16(14)30-18;12-9-5-8(10(17)7-16)6-14-11(9)15-3-1-13-2-4-15;12-7-1-2-8-9(5-7)18-10(14-8)15-11(17)16-4-3-13-6-16;;;;;;/h1-2,7-9,15,27-28H,3-6,10H2,(H,23,24,29);5-6,10,13,16-17H,1-4,7H2;1-6H,(H,14,15,17);;;;;;/t15-;10-;;;;;;;/m11......./s1. The zero-order valence-corrected chi connectivity index (χ0v) is 48.4. The molecule has 6 radical (unpaired) electrons. The Morgan fingerprint density at radius 3 is 1.55 bits per heavy atom. The van der Waals surface area contributed by atoms with Gasteiger partial charge in [0.15, 0.2) is 10.3 Å². The van der Waals surface area contributed by atoms with Crippen molar-refractivity contribution in [3.05, 3.63) is 112 Å². The van der Waals surface area contributed by atoms with E-state index in [0.717, 1.165) is 32.0 Å². The largest absolute Gasteiger partial charge is 0.393 e. The van der Waals surface area contributed by atoms with Gasteiger partial charge in [-0.15, -0.1) is 0 Å². The zero-order valence-electron chi connectivity index (χ0n) is 36.9. The Hall–Kier alpha value is -2.18. The van der Waals surface area contributed by atoms with Crippen molar-refractivity contribution in [2.24, 2.45) is 0 Å². The quantitative estimate of drug-likeness (QED) is 0.0965. The molecule has 2 atom stereocenters. The summed E-state index contributed by atoms with van der Waals surface area (Å²) in [7, 11) is 0. The number of rotatable bonds is 8. The number of carbonyl (C=O) groups excluding carboxylic acids is 2. The molecule has 9 rings (SSSR count). The number of hydrogen-bond donors (Lipinski definition) is 7. The molecule has 2 aromatic carbocycles. The second-order valence-electron chi connectivity index (χ2n) is 14.3. The summed E-state index contributed by atoms with van der Waals surface area (Å²) in [5.41, 5.74) is 2.27. The maximum Gasteiger partial charge on any atom is 0.333 e. The Bertz CT molecular complexity index is 2750. The normalized spacial score (nSPS) is 13.6. The van der Waals surface area contributed by atoms with Gasteiger partial charge in [0, 0.05) is 200 Å². The first kappa shape index (κ1) is 66.8. The number of aliphatic hydroxyl groups is 4. The molecule has 2 saturated heterocycles. The van der Waals surface area contributed by atoms with Crippen molar-refractivity contribution in [1.29, 1.82) is 0 Å². The molecule has 372 valence electrons. The molecule has 71 heavy (non-hydrogen) atoms. The molecule has 3 amide bonds. The Morgan fingerprint density at radius 1 is 0.676 bits per heavy atom. The van der Waals surface area contributed by atoms with Gasteiger partial charge in [-0.3, -0.25) is 15.2 Å². The van der Waals surface area contributed by atoms with Crippen LogP contribution < -0.4 is 25.8 Å². The van der Waals surface area contributed by atoms with Crippen molar-refractivity contribution < 1.29 is 150 Å². The number of nitrogens with zero attached hydrogens (tertiary/aromatic N) is 9. The second kappa shape index (κ2) is 32.3. The summed E-state index contributed by atoms with van der Waals surface area (Å²) in [6.45, 7) is 4.83. The number of aromatic nitrogens is 6. The van der Waals surface area contributed by atoms with Gasteiger partial charge in [0.25, 0.3) is 0 Å². The Labute approximate surface area is 495 Å². The molecule has 7 heterocycles. The number of urea groups is 1.